The van der Waals surface area contributed by atoms with Gasteiger partial charge in [-0.3, -0.25) is 9.52 Å². The molecule has 0 spiro atoms. The molecule has 2 aromatic heterocycles. The molecule has 0 unspecified atom stereocenters. The first-order valence-corrected chi connectivity index (χ1v) is 11.5. The van der Waals surface area contributed by atoms with E-state index in [1.165, 1.54) is 16.7 Å². The lowest BCUT2D eigenvalue weighted by molar-refractivity contribution is 0.359. The lowest BCUT2D eigenvalue weighted by Crippen LogP contribution is -2.17. The average Bonchev–Trinajstić information content (AvgIpc) is 2.74. The second-order valence-corrected chi connectivity index (χ2v) is 8.73. The van der Waals surface area contributed by atoms with Crippen molar-refractivity contribution in [1.29, 1.82) is 0 Å². The zero-order chi connectivity index (χ0) is 23.1. The number of nitrogens with one attached hydrogen (secondary N) is 1. The maximum absolute atomic E-state index is 12.3. The molecule has 0 radical (unpaired) electrons. The summed E-state index contributed by atoms with van der Waals surface area (Å²) in [6, 6.07) is 11.3. The molecule has 10 heteroatoms. The normalized spacial score (nSPS) is 11.1. The summed E-state index contributed by atoms with van der Waals surface area (Å²) in [5.41, 5.74) is 0.803. The number of hydrogen-bond donors (Lipinski definition) is 1. The van der Waals surface area contributed by atoms with E-state index >= 15 is 0 Å². The Labute approximate surface area is 186 Å². The summed E-state index contributed by atoms with van der Waals surface area (Å²) in [6.45, 7) is 5.72. The van der Waals surface area contributed by atoms with Crippen LogP contribution in [-0.2, 0) is 17.1 Å². The number of benzene rings is 1. The Kier molecular flexibility index (Phi) is 7.26. The highest BCUT2D eigenvalue weighted by Crippen LogP contribution is 2.27. The highest BCUT2D eigenvalue weighted by atomic mass is 32.2. The quantitative estimate of drug-likeness (QED) is 0.466. The number of aromatic nitrogens is 3. The third kappa shape index (κ3) is 6.17. The Morgan fingerprint density at radius 2 is 1.94 bits per heavy atom. The summed E-state index contributed by atoms with van der Waals surface area (Å²) >= 11 is 0. The lowest BCUT2D eigenvalue weighted by Gasteiger charge is -2.12. The third-order valence-corrected chi connectivity index (χ3v) is 5.67. The number of pyridine rings is 1. The number of aryl methyl sites for hydroxylation is 1. The smallest absolute Gasteiger partial charge is 0.324 e. The number of nitrogens with zero attached hydrogens (tertiary/aromatic N) is 3. The zero-order valence-corrected chi connectivity index (χ0v) is 18.6. The van der Waals surface area contributed by atoms with E-state index in [1.54, 1.807) is 56.6 Å². The maximum atomic E-state index is 12.3. The minimum Gasteiger partial charge on any atom is -0.489 e. The van der Waals surface area contributed by atoms with Gasteiger partial charge in [-0.25, -0.2) is 8.42 Å². The monoisotopic (exact) mass is 456 g/mol. The van der Waals surface area contributed by atoms with Gasteiger partial charge in [-0.2, -0.15) is 9.97 Å². The van der Waals surface area contributed by atoms with Crippen LogP contribution in [0.5, 0.6) is 17.5 Å². The standard InChI is InChI=1S/C22H24N4O5S/c1-4-11-30-17-7-6-8-18(13-17)31-22-23-19(16-9-10-21(27)26(3)15-16)14-20(24-22)25-32(28,29)12-5-2/h4,6-10,13-15H,1,5,11-12H2,2-3H3,(H,23,24,25). The van der Waals surface area contributed by atoms with E-state index in [1.807, 2.05) is 0 Å². The van der Waals surface area contributed by atoms with Gasteiger partial charge in [0.15, 0.2) is 0 Å². The van der Waals surface area contributed by atoms with Gasteiger partial charge < -0.3 is 14.0 Å². The molecule has 9 nitrogen and oxygen atoms in total. The van der Waals surface area contributed by atoms with Crippen LogP contribution in [0.25, 0.3) is 11.3 Å². The van der Waals surface area contributed by atoms with E-state index in [2.05, 4.69) is 21.3 Å². The van der Waals surface area contributed by atoms with E-state index in [-0.39, 0.29) is 23.1 Å². The van der Waals surface area contributed by atoms with Crippen molar-refractivity contribution in [1.82, 2.24) is 14.5 Å². The zero-order valence-electron chi connectivity index (χ0n) is 17.8. The molecule has 3 aromatic rings. The molecule has 168 valence electrons. The van der Waals surface area contributed by atoms with Crippen LogP contribution in [0.1, 0.15) is 13.3 Å². The van der Waals surface area contributed by atoms with Crippen molar-refractivity contribution in [2.45, 2.75) is 13.3 Å². The third-order valence-electron chi connectivity index (χ3n) is 4.20. The molecule has 0 aliphatic carbocycles. The molecule has 0 bridgehead atoms. The highest BCUT2D eigenvalue weighted by molar-refractivity contribution is 7.92. The van der Waals surface area contributed by atoms with Gasteiger partial charge in [0.25, 0.3) is 0 Å². The Bertz CT molecular complexity index is 1270. The second-order valence-electron chi connectivity index (χ2n) is 6.89. The Hall–Kier alpha value is -3.66. The Morgan fingerprint density at radius 1 is 1.16 bits per heavy atom. The highest BCUT2D eigenvalue weighted by Gasteiger charge is 2.15. The molecule has 0 aliphatic rings. The van der Waals surface area contributed by atoms with E-state index < -0.39 is 10.0 Å². The first-order valence-electron chi connectivity index (χ1n) is 9.88. The predicted octanol–water partition coefficient (Wildman–Crippen LogP) is 3.35. The van der Waals surface area contributed by atoms with Crippen molar-refractivity contribution in [2.75, 3.05) is 17.1 Å². The molecule has 32 heavy (non-hydrogen) atoms. The second kappa shape index (κ2) is 10.1. The van der Waals surface area contributed by atoms with Crippen LogP contribution in [0, 0.1) is 0 Å². The number of anilines is 1. The van der Waals surface area contributed by atoms with Crippen LogP contribution in [-0.4, -0.2) is 35.3 Å². The molecule has 0 atom stereocenters. The van der Waals surface area contributed by atoms with E-state index in [9.17, 15) is 13.2 Å². The topological polar surface area (TPSA) is 112 Å². The Morgan fingerprint density at radius 3 is 2.66 bits per heavy atom. The molecule has 0 saturated carbocycles. The van der Waals surface area contributed by atoms with Crippen LogP contribution in [0.4, 0.5) is 5.82 Å². The predicted molar refractivity (Wildman–Crippen MR) is 123 cm³/mol. The largest absolute Gasteiger partial charge is 0.489 e. The van der Waals surface area contributed by atoms with Crippen molar-refractivity contribution >= 4 is 15.8 Å². The van der Waals surface area contributed by atoms with Crippen LogP contribution >= 0.6 is 0 Å². The van der Waals surface area contributed by atoms with Crippen molar-refractivity contribution in [3.05, 3.63) is 71.7 Å². The van der Waals surface area contributed by atoms with Gasteiger partial charge in [-0.1, -0.05) is 25.6 Å². The molecule has 1 aromatic carbocycles. The van der Waals surface area contributed by atoms with Crippen molar-refractivity contribution in [3.8, 4) is 28.8 Å². The molecular weight excluding hydrogens is 432 g/mol. The van der Waals surface area contributed by atoms with E-state index in [0.29, 0.717) is 35.8 Å². The Balaban J connectivity index is 2.00. The molecule has 1 N–H and O–H groups in total. The molecule has 0 aliphatic heterocycles. The molecular formula is C22H24N4O5S. The van der Waals surface area contributed by atoms with Crippen molar-refractivity contribution < 1.29 is 17.9 Å². The minimum atomic E-state index is -3.59. The van der Waals surface area contributed by atoms with Gasteiger partial charge in [0.1, 0.15) is 23.9 Å². The van der Waals surface area contributed by atoms with Crippen molar-refractivity contribution in [3.63, 3.8) is 0 Å². The molecule has 0 fully saturated rings. The molecule has 0 saturated heterocycles. The van der Waals surface area contributed by atoms with Crippen LogP contribution in [0.2, 0.25) is 0 Å². The summed E-state index contributed by atoms with van der Waals surface area (Å²) in [7, 11) is -1.97. The number of rotatable bonds is 10. The van der Waals surface area contributed by atoms with Crippen LogP contribution in [0.15, 0.2) is 66.1 Å². The number of sulfonamides is 1. The fourth-order valence-corrected chi connectivity index (χ4v) is 3.85. The summed E-state index contributed by atoms with van der Waals surface area (Å²) < 4.78 is 39.7. The van der Waals surface area contributed by atoms with Gasteiger partial charge >= 0.3 is 6.01 Å². The number of ether oxygens (including phenoxy) is 2. The van der Waals surface area contributed by atoms with Crippen molar-refractivity contribution in [2.24, 2.45) is 7.05 Å². The molecule has 3 rings (SSSR count). The van der Waals surface area contributed by atoms with E-state index in [4.69, 9.17) is 9.47 Å². The minimum absolute atomic E-state index is 0.0505. The average molecular weight is 457 g/mol. The van der Waals surface area contributed by atoms with E-state index in [0.717, 1.165) is 0 Å². The lowest BCUT2D eigenvalue weighted by atomic mass is 10.2. The summed E-state index contributed by atoms with van der Waals surface area (Å²) in [6.07, 6.45) is 3.68. The van der Waals surface area contributed by atoms with Gasteiger partial charge in [-0.15, -0.1) is 0 Å². The van der Waals surface area contributed by atoms with Crippen LogP contribution < -0.4 is 19.8 Å². The number of hydrogen-bond acceptors (Lipinski definition) is 7. The SMILES string of the molecule is C=CCOc1cccc(Oc2nc(NS(=O)(=O)CCC)cc(-c3ccc(=O)n(C)c3)n2)c1. The summed E-state index contributed by atoms with van der Waals surface area (Å²) in [5, 5.41) is 0. The van der Waals surface area contributed by atoms with Gasteiger partial charge in [0, 0.05) is 37.0 Å². The van der Waals surface area contributed by atoms with Gasteiger partial charge in [0.2, 0.25) is 15.6 Å². The first kappa shape index (κ1) is 23.0. The fraction of sp³-hybridized carbons (Fsp3) is 0.227. The molecule has 0 amide bonds. The van der Waals surface area contributed by atoms with Crippen LogP contribution in [0.3, 0.4) is 0 Å². The first-order chi connectivity index (χ1) is 15.3. The fourth-order valence-electron chi connectivity index (χ4n) is 2.78. The summed E-state index contributed by atoms with van der Waals surface area (Å²) in [4.78, 5) is 20.3. The summed E-state index contributed by atoms with van der Waals surface area (Å²) in [5.74, 6) is 0.990. The van der Waals surface area contributed by atoms with Gasteiger partial charge in [-0.05, 0) is 24.6 Å². The maximum Gasteiger partial charge on any atom is 0.324 e. The van der Waals surface area contributed by atoms with Gasteiger partial charge in [0.05, 0.1) is 11.4 Å². The molecule has 2 heterocycles.